The van der Waals surface area contributed by atoms with E-state index in [4.69, 9.17) is 5.11 Å². The zero-order valence-electron chi connectivity index (χ0n) is 12.1. The summed E-state index contributed by atoms with van der Waals surface area (Å²) in [7, 11) is -3.64. The molecule has 0 aliphatic heterocycles. The third-order valence-corrected chi connectivity index (χ3v) is 4.60. The summed E-state index contributed by atoms with van der Waals surface area (Å²) in [6.45, 7) is 3.98. The topological polar surface area (TPSA) is 66.4 Å². The Hall–Kier alpha value is -1.85. The predicted octanol–water partition coefficient (Wildman–Crippen LogP) is 3.10. The van der Waals surface area contributed by atoms with E-state index < -0.39 is 10.0 Å². The minimum absolute atomic E-state index is 0.141. The van der Waals surface area contributed by atoms with E-state index in [1.807, 2.05) is 12.1 Å². The molecule has 0 spiro atoms. The molecular weight excluding hydrogens is 286 g/mol. The normalized spacial score (nSPS) is 11.6. The second-order valence-corrected chi connectivity index (χ2v) is 6.87. The van der Waals surface area contributed by atoms with Crippen LogP contribution in [0.25, 0.3) is 0 Å². The fourth-order valence-corrected chi connectivity index (χ4v) is 3.09. The van der Waals surface area contributed by atoms with Gasteiger partial charge in [-0.05, 0) is 41.3 Å². The Morgan fingerprint density at radius 3 is 2.33 bits per heavy atom. The molecule has 4 nitrogen and oxygen atoms in total. The Morgan fingerprint density at radius 1 is 1.10 bits per heavy atom. The number of anilines is 1. The van der Waals surface area contributed by atoms with Crippen LogP contribution >= 0.6 is 0 Å². The summed E-state index contributed by atoms with van der Waals surface area (Å²) in [6, 6.07) is 13.6. The molecule has 0 aliphatic rings. The number of rotatable bonds is 5. The van der Waals surface area contributed by atoms with Crippen LogP contribution in [0, 0.1) is 0 Å². The monoisotopic (exact) mass is 305 g/mol. The van der Waals surface area contributed by atoms with Crippen molar-refractivity contribution in [1.82, 2.24) is 0 Å². The van der Waals surface area contributed by atoms with Gasteiger partial charge in [-0.2, -0.15) is 0 Å². The first-order chi connectivity index (χ1) is 9.92. The van der Waals surface area contributed by atoms with Gasteiger partial charge in [0, 0.05) is 5.69 Å². The van der Waals surface area contributed by atoms with E-state index in [9.17, 15) is 8.42 Å². The summed E-state index contributed by atoms with van der Waals surface area (Å²) in [4.78, 5) is 0.141. The molecule has 0 saturated heterocycles. The van der Waals surface area contributed by atoms with Crippen LogP contribution in [0.15, 0.2) is 53.4 Å². The summed E-state index contributed by atoms with van der Waals surface area (Å²) >= 11 is 0. The van der Waals surface area contributed by atoms with Gasteiger partial charge in [0.05, 0.1) is 11.5 Å². The van der Waals surface area contributed by atoms with Gasteiger partial charge in [-0.25, -0.2) is 8.42 Å². The van der Waals surface area contributed by atoms with Crippen LogP contribution in [0.5, 0.6) is 0 Å². The van der Waals surface area contributed by atoms with Crippen molar-refractivity contribution in [1.29, 1.82) is 0 Å². The van der Waals surface area contributed by atoms with Crippen molar-refractivity contribution in [3.63, 3.8) is 0 Å². The highest BCUT2D eigenvalue weighted by Gasteiger charge is 2.14. The average molecular weight is 305 g/mol. The van der Waals surface area contributed by atoms with E-state index in [1.165, 1.54) is 12.1 Å². The molecule has 0 aromatic heterocycles. The molecular formula is C16H19NO3S. The van der Waals surface area contributed by atoms with Gasteiger partial charge in [0.25, 0.3) is 10.0 Å². The van der Waals surface area contributed by atoms with Crippen LogP contribution in [-0.2, 0) is 16.6 Å². The third kappa shape index (κ3) is 3.83. The van der Waals surface area contributed by atoms with Crippen LogP contribution in [0.2, 0.25) is 0 Å². The molecule has 21 heavy (non-hydrogen) atoms. The quantitative estimate of drug-likeness (QED) is 0.892. The van der Waals surface area contributed by atoms with Gasteiger partial charge < -0.3 is 5.11 Å². The third-order valence-electron chi connectivity index (χ3n) is 3.22. The SMILES string of the molecule is CC(C)c1ccc(NS(=O)(=O)c2cccc(CO)c2)cc1. The summed E-state index contributed by atoms with van der Waals surface area (Å²) in [6.07, 6.45) is 0. The van der Waals surface area contributed by atoms with E-state index in [2.05, 4.69) is 18.6 Å². The number of sulfonamides is 1. The van der Waals surface area contributed by atoms with Crippen molar-refractivity contribution >= 4 is 15.7 Å². The van der Waals surface area contributed by atoms with Crippen LogP contribution in [0.3, 0.4) is 0 Å². The number of benzene rings is 2. The molecule has 0 amide bonds. The number of aliphatic hydroxyl groups is 1. The molecule has 2 aromatic carbocycles. The van der Waals surface area contributed by atoms with E-state index in [-0.39, 0.29) is 11.5 Å². The van der Waals surface area contributed by atoms with Crippen LogP contribution in [-0.4, -0.2) is 13.5 Å². The van der Waals surface area contributed by atoms with Gasteiger partial charge in [0.1, 0.15) is 0 Å². The van der Waals surface area contributed by atoms with Crippen molar-refractivity contribution in [2.24, 2.45) is 0 Å². The molecule has 0 atom stereocenters. The maximum Gasteiger partial charge on any atom is 0.261 e. The highest BCUT2D eigenvalue weighted by atomic mass is 32.2. The van der Waals surface area contributed by atoms with Gasteiger partial charge in [0.2, 0.25) is 0 Å². The molecule has 5 heteroatoms. The van der Waals surface area contributed by atoms with Crippen molar-refractivity contribution in [3.05, 3.63) is 59.7 Å². The van der Waals surface area contributed by atoms with Gasteiger partial charge in [-0.1, -0.05) is 38.1 Å². The van der Waals surface area contributed by atoms with Gasteiger partial charge in [-0.3, -0.25) is 4.72 Å². The number of hydrogen-bond donors (Lipinski definition) is 2. The van der Waals surface area contributed by atoms with Crippen molar-refractivity contribution in [2.45, 2.75) is 31.3 Å². The molecule has 2 rings (SSSR count). The van der Waals surface area contributed by atoms with Crippen LogP contribution < -0.4 is 4.72 Å². The Labute approximate surface area is 125 Å². The molecule has 0 bridgehead atoms. The number of nitrogens with one attached hydrogen (secondary N) is 1. The standard InChI is InChI=1S/C16H19NO3S/c1-12(2)14-6-8-15(9-7-14)17-21(19,20)16-5-3-4-13(10-16)11-18/h3-10,12,17-18H,11H2,1-2H3. The zero-order valence-corrected chi connectivity index (χ0v) is 12.9. The van der Waals surface area contributed by atoms with E-state index >= 15 is 0 Å². The lowest BCUT2D eigenvalue weighted by Gasteiger charge is -2.10. The van der Waals surface area contributed by atoms with Crippen molar-refractivity contribution in [2.75, 3.05) is 4.72 Å². The molecule has 0 aliphatic carbocycles. The van der Waals surface area contributed by atoms with Crippen LogP contribution in [0.4, 0.5) is 5.69 Å². The minimum Gasteiger partial charge on any atom is -0.392 e. The van der Waals surface area contributed by atoms with Crippen molar-refractivity contribution < 1.29 is 13.5 Å². The largest absolute Gasteiger partial charge is 0.392 e. The predicted molar refractivity (Wildman–Crippen MR) is 83.7 cm³/mol. The summed E-state index contributed by atoms with van der Waals surface area (Å²) in [5, 5.41) is 9.08. The lowest BCUT2D eigenvalue weighted by molar-refractivity contribution is 0.281. The van der Waals surface area contributed by atoms with E-state index in [0.717, 1.165) is 5.56 Å². The second kappa shape index (κ2) is 6.28. The van der Waals surface area contributed by atoms with Gasteiger partial charge in [-0.15, -0.1) is 0 Å². The molecule has 0 saturated carbocycles. The maximum atomic E-state index is 12.3. The number of hydrogen-bond acceptors (Lipinski definition) is 3. The number of aliphatic hydroxyl groups excluding tert-OH is 1. The zero-order chi connectivity index (χ0) is 15.5. The first kappa shape index (κ1) is 15.5. The Morgan fingerprint density at radius 2 is 1.76 bits per heavy atom. The van der Waals surface area contributed by atoms with E-state index in [1.54, 1.807) is 24.3 Å². The Kier molecular flexibility index (Phi) is 4.65. The highest BCUT2D eigenvalue weighted by Crippen LogP contribution is 2.20. The average Bonchev–Trinajstić information content (AvgIpc) is 2.47. The summed E-state index contributed by atoms with van der Waals surface area (Å²) in [5.74, 6) is 0.400. The molecule has 0 heterocycles. The van der Waals surface area contributed by atoms with Crippen LogP contribution in [0.1, 0.15) is 30.9 Å². The van der Waals surface area contributed by atoms with Crippen molar-refractivity contribution in [3.8, 4) is 0 Å². The molecule has 0 unspecified atom stereocenters. The highest BCUT2D eigenvalue weighted by molar-refractivity contribution is 7.92. The molecule has 0 radical (unpaired) electrons. The summed E-state index contributed by atoms with van der Waals surface area (Å²) in [5.41, 5.74) is 2.24. The molecule has 2 N–H and O–H groups in total. The smallest absolute Gasteiger partial charge is 0.261 e. The first-order valence-electron chi connectivity index (χ1n) is 6.75. The molecule has 2 aromatic rings. The second-order valence-electron chi connectivity index (χ2n) is 5.19. The maximum absolute atomic E-state index is 12.3. The van der Waals surface area contributed by atoms with Gasteiger partial charge >= 0.3 is 0 Å². The van der Waals surface area contributed by atoms with Gasteiger partial charge in [0.15, 0.2) is 0 Å². The molecule has 0 fully saturated rings. The Bertz CT molecular complexity index is 707. The lowest BCUT2D eigenvalue weighted by Crippen LogP contribution is -2.13. The molecule has 112 valence electrons. The minimum atomic E-state index is -3.64. The lowest BCUT2D eigenvalue weighted by atomic mass is 10.0. The fourth-order valence-electron chi connectivity index (χ4n) is 1.96. The van der Waals surface area contributed by atoms with E-state index in [0.29, 0.717) is 17.2 Å². The Balaban J connectivity index is 2.24. The first-order valence-corrected chi connectivity index (χ1v) is 8.23. The fraction of sp³-hybridized carbons (Fsp3) is 0.250. The summed E-state index contributed by atoms with van der Waals surface area (Å²) < 4.78 is 27.1.